The van der Waals surface area contributed by atoms with Crippen LogP contribution in [0, 0.1) is 25.7 Å². The summed E-state index contributed by atoms with van der Waals surface area (Å²) in [5.41, 5.74) is 6.69. The van der Waals surface area contributed by atoms with Crippen molar-refractivity contribution in [3.8, 4) is 11.8 Å². The van der Waals surface area contributed by atoms with Crippen LogP contribution in [0.15, 0.2) is 48.0 Å². The number of pyridine rings is 1. The molecule has 0 amide bonds. The van der Waals surface area contributed by atoms with Gasteiger partial charge in [0.15, 0.2) is 0 Å². The lowest BCUT2D eigenvalue weighted by molar-refractivity contribution is 0.282. The van der Waals surface area contributed by atoms with Crippen molar-refractivity contribution in [1.29, 1.82) is 0 Å². The van der Waals surface area contributed by atoms with Crippen LogP contribution in [0.2, 0.25) is 0 Å². The van der Waals surface area contributed by atoms with Crippen molar-refractivity contribution in [3.63, 3.8) is 0 Å². The van der Waals surface area contributed by atoms with Gasteiger partial charge in [-0.15, -0.1) is 0 Å². The fourth-order valence-corrected chi connectivity index (χ4v) is 3.17. The van der Waals surface area contributed by atoms with Crippen molar-refractivity contribution in [2.45, 2.75) is 33.3 Å². The third kappa shape index (κ3) is 4.49. The quantitative estimate of drug-likeness (QED) is 0.851. The van der Waals surface area contributed by atoms with Crippen molar-refractivity contribution >= 4 is 5.69 Å². The molecule has 0 radical (unpaired) electrons. The second kappa shape index (κ2) is 8.00. The van der Waals surface area contributed by atoms with Gasteiger partial charge in [-0.1, -0.05) is 29.7 Å². The summed E-state index contributed by atoms with van der Waals surface area (Å²) in [6.07, 6.45) is 4.14. The first-order valence-corrected chi connectivity index (χ1v) is 8.74. The minimum Gasteiger partial charge on any atom is -0.392 e. The maximum absolute atomic E-state index is 9.24. The average Bonchev–Trinajstić information content (AvgIpc) is 2.62. The number of aryl methyl sites for hydroxylation is 2. The molecule has 3 rings (SSSR count). The van der Waals surface area contributed by atoms with Crippen molar-refractivity contribution in [2.75, 3.05) is 18.0 Å². The van der Waals surface area contributed by atoms with Gasteiger partial charge in [-0.05, 0) is 68.0 Å². The Hall–Kier alpha value is -2.57. The molecule has 0 atom stereocenters. The number of benzene rings is 1. The molecule has 0 saturated carbocycles. The summed E-state index contributed by atoms with van der Waals surface area (Å²) in [5.74, 6) is 6.28. The van der Waals surface area contributed by atoms with E-state index < -0.39 is 0 Å². The molecule has 0 spiro atoms. The van der Waals surface area contributed by atoms with Gasteiger partial charge in [-0.3, -0.25) is 0 Å². The van der Waals surface area contributed by atoms with Crippen LogP contribution in [-0.2, 0) is 6.61 Å². The van der Waals surface area contributed by atoms with E-state index in [1.54, 1.807) is 0 Å². The van der Waals surface area contributed by atoms with Gasteiger partial charge in [-0.25, -0.2) is 4.98 Å². The summed E-state index contributed by atoms with van der Waals surface area (Å²) >= 11 is 0. The molecule has 2 heterocycles. The molecule has 0 bridgehead atoms. The van der Waals surface area contributed by atoms with E-state index in [0.29, 0.717) is 0 Å². The molecule has 1 aromatic heterocycles. The zero-order valence-corrected chi connectivity index (χ0v) is 14.9. The van der Waals surface area contributed by atoms with Crippen LogP contribution >= 0.6 is 0 Å². The van der Waals surface area contributed by atoms with Crippen molar-refractivity contribution in [3.05, 3.63) is 70.6 Å². The van der Waals surface area contributed by atoms with E-state index in [-0.39, 0.29) is 6.61 Å². The Kier molecular flexibility index (Phi) is 5.53. The minimum atomic E-state index is 0.0997. The first-order chi connectivity index (χ1) is 12.2. The molecule has 1 N–H and O–H groups in total. The van der Waals surface area contributed by atoms with Crippen molar-refractivity contribution < 1.29 is 5.11 Å². The smallest absolute Gasteiger partial charge is 0.113 e. The van der Waals surface area contributed by atoms with Crippen LogP contribution in [0.3, 0.4) is 0 Å². The van der Waals surface area contributed by atoms with Crippen LogP contribution in [0.1, 0.15) is 35.4 Å². The molecule has 25 heavy (non-hydrogen) atoms. The van der Waals surface area contributed by atoms with Gasteiger partial charge in [0.1, 0.15) is 5.69 Å². The Morgan fingerprint density at radius 3 is 2.64 bits per heavy atom. The van der Waals surface area contributed by atoms with E-state index in [1.165, 1.54) is 16.8 Å². The molecular weight excluding hydrogens is 308 g/mol. The second-order valence-corrected chi connectivity index (χ2v) is 6.50. The zero-order chi connectivity index (χ0) is 17.6. The number of hydrogen-bond acceptors (Lipinski definition) is 3. The number of piperidine rings is 1. The second-order valence-electron chi connectivity index (χ2n) is 6.50. The molecule has 3 nitrogen and oxygen atoms in total. The van der Waals surface area contributed by atoms with E-state index in [1.807, 2.05) is 31.2 Å². The fourth-order valence-electron chi connectivity index (χ4n) is 3.17. The SMILES string of the molecule is Cc1cccc(C#CC=C2CCN(c3ccc(CO)cc3C)CC2)n1. The van der Waals surface area contributed by atoms with Gasteiger partial charge in [0.05, 0.1) is 6.61 Å². The summed E-state index contributed by atoms with van der Waals surface area (Å²) in [7, 11) is 0. The van der Waals surface area contributed by atoms with Crippen LogP contribution in [0.4, 0.5) is 5.69 Å². The molecular formula is C22H24N2O. The van der Waals surface area contributed by atoms with Crippen LogP contribution in [-0.4, -0.2) is 23.2 Å². The predicted molar refractivity (Wildman–Crippen MR) is 102 cm³/mol. The number of nitrogens with zero attached hydrogens (tertiary/aromatic N) is 2. The highest BCUT2D eigenvalue weighted by molar-refractivity contribution is 5.55. The maximum atomic E-state index is 9.24. The molecule has 1 saturated heterocycles. The predicted octanol–water partition coefficient (Wildman–Crippen LogP) is 3.77. The Labute approximate surface area is 150 Å². The summed E-state index contributed by atoms with van der Waals surface area (Å²) in [6.45, 7) is 6.21. The van der Waals surface area contributed by atoms with E-state index in [4.69, 9.17) is 0 Å². The first kappa shape index (κ1) is 17.3. The summed E-state index contributed by atoms with van der Waals surface area (Å²) < 4.78 is 0. The molecule has 0 unspecified atom stereocenters. The molecule has 128 valence electrons. The number of allylic oxidation sites excluding steroid dienone is 1. The molecule has 1 aliphatic heterocycles. The number of rotatable bonds is 2. The largest absolute Gasteiger partial charge is 0.392 e. The number of aliphatic hydroxyl groups excluding tert-OH is 1. The van der Waals surface area contributed by atoms with Crippen LogP contribution in [0.25, 0.3) is 0 Å². The number of hydrogen-bond donors (Lipinski definition) is 1. The lowest BCUT2D eigenvalue weighted by atomic mass is 10.0. The van der Waals surface area contributed by atoms with Crippen LogP contribution in [0.5, 0.6) is 0 Å². The Balaban J connectivity index is 1.62. The third-order valence-corrected chi connectivity index (χ3v) is 4.55. The van der Waals surface area contributed by atoms with E-state index in [2.05, 4.69) is 46.9 Å². The van der Waals surface area contributed by atoms with Crippen molar-refractivity contribution in [1.82, 2.24) is 4.98 Å². The maximum Gasteiger partial charge on any atom is 0.113 e. The summed E-state index contributed by atoms with van der Waals surface area (Å²) in [5, 5.41) is 9.24. The van der Waals surface area contributed by atoms with Gasteiger partial charge in [0, 0.05) is 24.5 Å². The van der Waals surface area contributed by atoms with Gasteiger partial charge < -0.3 is 10.0 Å². The normalized spacial score (nSPS) is 14.0. The lowest BCUT2D eigenvalue weighted by Crippen LogP contribution is -2.31. The first-order valence-electron chi connectivity index (χ1n) is 8.74. The minimum absolute atomic E-state index is 0.0997. The molecule has 1 aromatic carbocycles. The number of anilines is 1. The summed E-state index contributed by atoms with van der Waals surface area (Å²) in [6, 6.07) is 12.1. The van der Waals surface area contributed by atoms with Crippen LogP contribution < -0.4 is 4.90 Å². The monoisotopic (exact) mass is 332 g/mol. The molecule has 1 aliphatic rings. The van der Waals surface area contributed by atoms with Crippen molar-refractivity contribution in [2.24, 2.45) is 0 Å². The van der Waals surface area contributed by atoms with Gasteiger partial charge in [-0.2, -0.15) is 0 Å². The lowest BCUT2D eigenvalue weighted by Gasteiger charge is -2.31. The topological polar surface area (TPSA) is 36.4 Å². The van der Waals surface area contributed by atoms with Gasteiger partial charge in [0.2, 0.25) is 0 Å². The molecule has 3 heteroatoms. The van der Waals surface area contributed by atoms with E-state index in [9.17, 15) is 5.11 Å². The Morgan fingerprint density at radius 1 is 1.16 bits per heavy atom. The van der Waals surface area contributed by atoms with Gasteiger partial charge in [0.25, 0.3) is 0 Å². The fraction of sp³-hybridized carbons (Fsp3) is 0.318. The van der Waals surface area contributed by atoms with E-state index in [0.717, 1.165) is 42.9 Å². The third-order valence-electron chi connectivity index (χ3n) is 4.55. The number of aromatic nitrogens is 1. The van der Waals surface area contributed by atoms with Gasteiger partial charge >= 0.3 is 0 Å². The highest BCUT2D eigenvalue weighted by Crippen LogP contribution is 2.26. The zero-order valence-electron chi connectivity index (χ0n) is 14.9. The Bertz CT molecular complexity index is 833. The molecule has 1 fully saturated rings. The molecule has 2 aromatic rings. The molecule has 0 aliphatic carbocycles. The highest BCUT2D eigenvalue weighted by atomic mass is 16.3. The Morgan fingerprint density at radius 2 is 1.96 bits per heavy atom. The average molecular weight is 332 g/mol. The standard InChI is InChI=1S/C22H24N2O/c1-17-15-20(16-25)9-10-22(17)24-13-11-19(12-14-24)6-4-8-21-7-3-5-18(2)23-21/h3,5-7,9-10,15,25H,11-14,16H2,1-2H3. The summed E-state index contributed by atoms with van der Waals surface area (Å²) in [4.78, 5) is 6.82. The number of aliphatic hydroxyl groups is 1. The van der Waals surface area contributed by atoms with E-state index >= 15 is 0 Å². The highest BCUT2D eigenvalue weighted by Gasteiger charge is 2.15.